The smallest absolute Gasteiger partial charge is 0.225 e. The fourth-order valence-corrected chi connectivity index (χ4v) is 8.43. The zero-order valence-corrected chi connectivity index (χ0v) is 26.2. The topological polar surface area (TPSA) is 112 Å². The summed E-state index contributed by atoms with van der Waals surface area (Å²) >= 11 is 1.90. The lowest BCUT2D eigenvalue weighted by atomic mass is 9.73. The Morgan fingerprint density at radius 1 is 1.22 bits per heavy atom. The molecule has 1 aliphatic heterocycles. The molecule has 5 rings (SSSR count). The summed E-state index contributed by atoms with van der Waals surface area (Å²) in [4.78, 5) is 31.5. The van der Waals surface area contributed by atoms with Crippen LogP contribution < -0.4 is 5.49 Å². The molecule has 1 saturated heterocycles. The van der Waals surface area contributed by atoms with E-state index in [-0.39, 0.29) is 12.5 Å². The Balaban J connectivity index is 1.31. The van der Waals surface area contributed by atoms with Crippen LogP contribution in [0.1, 0.15) is 78.5 Å². The lowest BCUT2D eigenvalue weighted by molar-refractivity contribution is -0.141. The minimum absolute atomic E-state index is 0.185. The summed E-state index contributed by atoms with van der Waals surface area (Å²) in [6, 6.07) is 0. The lowest BCUT2D eigenvalue weighted by Crippen LogP contribution is -2.47. The number of aryl methyl sites for hydroxylation is 1. The Bertz CT molecular complexity index is 1480. The Kier molecular flexibility index (Phi) is 8.87. The molecule has 8 nitrogen and oxygen atoms in total. The molecule has 2 aliphatic rings. The molecule has 9 heteroatoms. The number of likely N-dealkylation sites (tertiary alicyclic amines) is 1. The number of likely N-dealkylation sites (N-methyl/N-ethyl adjacent to an activating group) is 1. The normalized spacial score (nSPS) is 20.4. The van der Waals surface area contributed by atoms with Gasteiger partial charge < -0.3 is 24.9 Å². The Labute approximate surface area is 247 Å². The first-order valence-corrected chi connectivity index (χ1v) is 15.9. The van der Waals surface area contributed by atoms with Gasteiger partial charge in [-0.15, -0.1) is 11.3 Å². The number of carbonyl (C=O) groups is 1. The van der Waals surface area contributed by atoms with Crippen molar-refractivity contribution in [2.24, 2.45) is 16.8 Å². The molecule has 0 bridgehead atoms. The number of hydrogen-bond acceptors (Lipinski definition) is 5. The molecule has 3 aromatic heterocycles. The number of pyridine rings is 1. The number of aromatic nitrogens is 2. The van der Waals surface area contributed by atoms with Crippen LogP contribution in [0.3, 0.4) is 0 Å². The van der Waals surface area contributed by atoms with Crippen molar-refractivity contribution in [3.8, 4) is 11.3 Å². The van der Waals surface area contributed by atoms with Crippen molar-refractivity contribution >= 4 is 33.8 Å². The fourth-order valence-electron chi connectivity index (χ4n) is 7.03. The van der Waals surface area contributed by atoms with Crippen LogP contribution in [0, 0.1) is 38.0 Å². The maximum Gasteiger partial charge on any atom is 0.225 e. The van der Waals surface area contributed by atoms with Crippen molar-refractivity contribution in [1.82, 2.24) is 19.8 Å². The van der Waals surface area contributed by atoms with Gasteiger partial charge >= 0.3 is 0 Å². The van der Waals surface area contributed by atoms with E-state index >= 15 is 0 Å². The Morgan fingerprint density at radius 2 is 1.93 bits per heavy atom. The van der Waals surface area contributed by atoms with Crippen molar-refractivity contribution in [2.75, 3.05) is 39.8 Å². The number of amides is 1. The maximum absolute atomic E-state index is 13.2. The molecular formula is C32H46N6O2S. The molecule has 0 unspecified atom stereocenters. The van der Waals surface area contributed by atoms with Crippen LogP contribution in [0.15, 0.2) is 11.2 Å². The Morgan fingerprint density at radius 3 is 2.56 bits per heavy atom. The number of H-pyrrole nitrogens is 2. The zero-order chi connectivity index (χ0) is 29.4. The largest absolute Gasteiger partial charge is 0.395 e. The third-order valence-electron chi connectivity index (χ3n) is 9.49. The highest BCUT2D eigenvalue weighted by Gasteiger charge is 2.38. The first kappa shape index (κ1) is 29.7. The number of nitrogens with one attached hydrogen (secondary N) is 3. The third kappa shape index (κ3) is 5.68. The molecule has 0 spiro atoms. The summed E-state index contributed by atoms with van der Waals surface area (Å²) in [6.07, 6.45) is 7.13. The predicted molar refractivity (Wildman–Crippen MR) is 168 cm³/mol. The van der Waals surface area contributed by atoms with Gasteiger partial charge in [-0.3, -0.25) is 10.2 Å². The molecular weight excluding hydrogens is 532 g/mol. The molecule has 0 atom stereocenters. The average molecular weight is 579 g/mol. The second-order valence-corrected chi connectivity index (χ2v) is 13.6. The van der Waals surface area contributed by atoms with Crippen LogP contribution in [-0.2, 0) is 4.79 Å². The molecule has 0 aromatic carbocycles. The summed E-state index contributed by atoms with van der Waals surface area (Å²) in [7, 11) is 2.05. The number of aromatic amines is 2. The van der Waals surface area contributed by atoms with E-state index in [1.807, 2.05) is 24.6 Å². The van der Waals surface area contributed by atoms with Crippen LogP contribution in [0.2, 0.25) is 0 Å². The molecule has 1 amide bonds. The van der Waals surface area contributed by atoms with Gasteiger partial charge in [-0.1, -0.05) is 13.8 Å². The van der Waals surface area contributed by atoms with E-state index in [1.54, 1.807) is 0 Å². The molecule has 1 saturated carbocycles. The first-order chi connectivity index (χ1) is 19.6. The highest BCUT2D eigenvalue weighted by Crippen LogP contribution is 2.46. The molecule has 4 heterocycles. The second-order valence-electron chi connectivity index (χ2n) is 12.5. The first-order valence-electron chi connectivity index (χ1n) is 15.1. The molecule has 4 N–H and O–H groups in total. The van der Waals surface area contributed by atoms with E-state index in [0.29, 0.717) is 30.2 Å². The number of carbonyl (C=O) groups excluding carboxylic acids is 1. The zero-order valence-electron chi connectivity index (χ0n) is 25.4. The van der Waals surface area contributed by atoms with Crippen LogP contribution in [0.25, 0.3) is 21.5 Å². The summed E-state index contributed by atoms with van der Waals surface area (Å²) in [6.45, 7) is 14.6. The number of piperidine rings is 1. The van der Waals surface area contributed by atoms with Crippen LogP contribution >= 0.6 is 11.3 Å². The van der Waals surface area contributed by atoms with Gasteiger partial charge in [-0.25, -0.2) is 4.99 Å². The monoisotopic (exact) mass is 578 g/mol. The van der Waals surface area contributed by atoms with Gasteiger partial charge in [0.15, 0.2) is 0 Å². The quantitative estimate of drug-likeness (QED) is 0.200. The van der Waals surface area contributed by atoms with Crippen molar-refractivity contribution in [1.29, 1.82) is 5.41 Å². The molecule has 3 aromatic rings. The Hall–Kier alpha value is -2.75. The highest BCUT2D eigenvalue weighted by molar-refractivity contribution is 7.19. The molecule has 0 radical (unpaired) electrons. The number of hydrogen-bond donors (Lipinski definition) is 4. The minimum atomic E-state index is 0.185. The molecule has 41 heavy (non-hydrogen) atoms. The van der Waals surface area contributed by atoms with Crippen molar-refractivity contribution in [3.05, 3.63) is 38.8 Å². The van der Waals surface area contributed by atoms with Crippen LogP contribution in [-0.4, -0.2) is 77.0 Å². The summed E-state index contributed by atoms with van der Waals surface area (Å²) in [5.41, 5.74) is 8.05. The number of fused-ring (bicyclic) bond motifs is 1. The highest BCUT2D eigenvalue weighted by atomic mass is 32.1. The van der Waals surface area contributed by atoms with Crippen molar-refractivity contribution < 1.29 is 9.90 Å². The molecule has 1 aliphatic carbocycles. The predicted octanol–water partition coefficient (Wildman–Crippen LogP) is 5.44. The SMILES string of the molecule is Cc1c(-c2[nH]c3sc(C4CCN(C(=O)C5CC(CN(C)CCO)C5)CC4)c(C)c3c2C(C)C)c[nH]/c(=N\C=N)c1C. The van der Waals surface area contributed by atoms with Gasteiger partial charge in [0.2, 0.25) is 5.91 Å². The van der Waals surface area contributed by atoms with Gasteiger partial charge in [0.1, 0.15) is 16.7 Å². The number of aliphatic hydroxyl groups is 1. The number of nitrogens with zero attached hydrogens (tertiary/aromatic N) is 3. The van der Waals surface area contributed by atoms with Gasteiger partial charge in [0.05, 0.1) is 12.3 Å². The van der Waals surface area contributed by atoms with Crippen molar-refractivity contribution in [3.63, 3.8) is 0 Å². The fraction of sp³-hybridized carbons (Fsp3) is 0.594. The van der Waals surface area contributed by atoms with Gasteiger partial charge in [-0.05, 0) is 93.5 Å². The van der Waals surface area contributed by atoms with E-state index in [9.17, 15) is 4.79 Å². The minimum Gasteiger partial charge on any atom is -0.395 e. The van der Waals surface area contributed by atoms with E-state index in [0.717, 1.165) is 68.3 Å². The van der Waals surface area contributed by atoms with E-state index in [4.69, 9.17) is 10.5 Å². The number of thiophene rings is 1. The van der Waals surface area contributed by atoms with E-state index in [2.05, 4.69) is 59.4 Å². The van der Waals surface area contributed by atoms with E-state index in [1.165, 1.54) is 37.5 Å². The van der Waals surface area contributed by atoms with Crippen LogP contribution in [0.4, 0.5) is 0 Å². The third-order valence-corrected chi connectivity index (χ3v) is 10.9. The van der Waals surface area contributed by atoms with Crippen LogP contribution in [0.5, 0.6) is 0 Å². The standard InChI is InChI=1S/C32H46N6O2S/c1-18(2)26-27-21(5)29(41-31(27)36-28(26)25-15-34-30(35-17-33)20(4)19(25)3)23-7-9-38(10-8-23)32(40)24-13-22(14-24)16-37(6)11-12-39/h15,17-18,22-24,36,39H,7-14,16H2,1-6H3,(H2,33,34,35). The summed E-state index contributed by atoms with van der Waals surface area (Å²) in [5.74, 6) is 1.97. The number of rotatable bonds is 9. The maximum atomic E-state index is 13.2. The summed E-state index contributed by atoms with van der Waals surface area (Å²) < 4.78 is 0. The van der Waals surface area contributed by atoms with Crippen molar-refractivity contribution in [2.45, 2.75) is 72.1 Å². The van der Waals surface area contributed by atoms with E-state index < -0.39 is 0 Å². The van der Waals surface area contributed by atoms with Gasteiger partial charge in [-0.2, -0.15) is 0 Å². The number of aliphatic hydroxyl groups excluding tert-OH is 1. The van der Waals surface area contributed by atoms with Gasteiger partial charge in [0, 0.05) is 54.1 Å². The van der Waals surface area contributed by atoms with Gasteiger partial charge in [0.25, 0.3) is 0 Å². The second kappa shape index (κ2) is 12.2. The molecule has 2 fully saturated rings. The molecule has 222 valence electrons. The lowest BCUT2D eigenvalue weighted by Gasteiger charge is -2.41. The summed E-state index contributed by atoms with van der Waals surface area (Å²) in [5, 5.41) is 17.8. The average Bonchev–Trinajstić information content (AvgIpc) is 3.45.